The molecule has 0 rings (SSSR count). The van der Waals surface area contributed by atoms with Crippen molar-refractivity contribution in [3.63, 3.8) is 0 Å². The maximum atomic E-state index is 6.20. The van der Waals surface area contributed by atoms with Gasteiger partial charge in [-0.05, 0) is 51.7 Å². The minimum absolute atomic E-state index is 0.220. The highest BCUT2D eigenvalue weighted by molar-refractivity contribution is 6.84. The van der Waals surface area contributed by atoms with E-state index in [1.807, 2.05) is 0 Å². The van der Waals surface area contributed by atoms with Gasteiger partial charge in [0.15, 0.2) is 16.6 Å². The van der Waals surface area contributed by atoms with Gasteiger partial charge in [0.1, 0.15) is 0 Å². The van der Waals surface area contributed by atoms with E-state index in [0.717, 1.165) is 12.5 Å². The van der Waals surface area contributed by atoms with Gasteiger partial charge in [0.05, 0.1) is 0 Å². The van der Waals surface area contributed by atoms with Gasteiger partial charge in [-0.25, -0.2) is 0 Å². The zero-order valence-electron chi connectivity index (χ0n) is 10.3. The van der Waals surface area contributed by atoms with Crippen LogP contribution >= 0.6 is 0 Å². The SMILES string of the molecule is C[Si](C)(C)O[Si](C)(C)CC(N)CCN. The fraction of sp³-hybridized carbons (Fsp3) is 1.00. The fourth-order valence-electron chi connectivity index (χ4n) is 1.82. The normalized spacial score (nSPS) is 15.6. The van der Waals surface area contributed by atoms with Crippen molar-refractivity contribution in [2.45, 2.75) is 51.2 Å². The Kier molecular flexibility index (Phi) is 5.53. The molecule has 0 amide bonds. The molecule has 0 radical (unpaired) electrons. The van der Waals surface area contributed by atoms with Crippen molar-refractivity contribution in [3.8, 4) is 0 Å². The van der Waals surface area contributed by atoms with E-state index < -0.39 is 16.6 Å². The van der Waals surface area contributed by atoms with E-state index >= 15 is 0 Å². The van der Waals surface area contributed by atoms with Gasteiger partial charge in [-0.15, -0.1) is 0 Å². The van der Waals surface area contributed by atoms with Crippen molar-refractivity contribution >= 4 is 16.6 Å². The molecule has 0 aliphatic carbocycles. The predicted molar refractivity (Wildman–Crippen MR) is 68.4 cm³/mol. The Hall–Kier alpha value is 0.314. The van der Waals surface area contributed by atoms with Gasteiger partial charge in [-0.2, -0.15) is 0 Å². The van der Waals surface area contributed by atoms with E-state index in [4.69, 9.17) is 15.6 Å². The predicted octanol–water partition coefficient (Wildman–Crippen LogP) is 1.72. The summed E-state index contributed by atoms with van der Waals surface area (Å²) >= 11 is 0. The Morgan fingerprint density at radius 1 is 1.14 bits per heavy atom. The molecule has 1 atom stereocenters. The molecule has 0 aliphatic rings. The summed E-state index contributed by atoms with van der Waals surface area (Å²) in [7, 11) is -2.97. The van der Waals surface area contributed by atoms with E-state index in [-0.39, 0.29) is 6.04 Å². The van der Waals surface area contributed by atoms with Crippen molar-refractivity contribution in [1.29, 1.82) is 0 Å². The average molecular weight is 234 g/mol. The molecule has 4 N–H and O–H groups in total. The monoisotopic (exact) mass is 234 g/mol. The van der Waals surface area contributed by atoms with E-state index in [0.29, 0.717) is 6.54 Å². The van der Waals surface area contributed by atoms with E-state index in [1.54, 1.807) is 0 Å². The lowest BCUT2D eigenvalue weighted by molar-refractivity contribution is 0.528. The molecule has 0 aromatic heterocycles. The lowest BCUT2D eigenvalue weighted by Gasteiger charge is -2.33. The van der Waals surface area contributed by atoms with Crippen molar-refractivity contribution in [3.05, 3.63) is 0 Å². The molecule has 1 unspecified atom stereocenters. The Morgan fingerprint density at radius 2 is 1.64 bits per heavy atom. The fourth-order valence-corrected chi connectivity index (χ4v) is 10.2. The minimum atomic E-state index is -1.56. The molecule has 14 heavy (non-hydrogen) atoms. The molecule has 0 aromatic carbocycles. The number of nitrogens with two attached hydrogens (primary N) is 2. The summed E-state index contributed by atoms with van der Waals surface area (Å²) in [4.78, 5) is 0. The maximum Gasteiger partial charge on any atom is 0.174 e. The van der Waals surface area contributed by atoms with Crippen LogP contribution in [0.1, 0.15) is 6.42 Å². The van der Waals surface area contributed by atoms with Crippen molar-refractivity contribution in [1.82, 2.24) is 0 Å². The maximum absolute atomic E-state index is 6.20. The van der Waals surface area contributed by atoms with Gasteiger partial charge in [0.25, 0.3) is 0 Å². The molecule has 3 nitrogen and oxygen atoms in total. The summed E-state index contributed by atoms with van der Waals surface area (Å²) < 4.78 is 6.20. The third kappa shape index (κ3) is 7.69. The van der Waals surface area contributed by atoms with Crippen LogP contribution in [0, 0.1) is 0 Å². The standard InChI is InChI=1S/C9H26N2OSi2/c1-13(2,3)12-14(4,5)8-9(11)6-7-10/h9H,6-8,10-11H2,1-5H3. The smallest absolute Gasteiger partial charge is 0.174 e. The Bertz CT molecular complexity index is 169. The van der Waals surface area contributed by atoms with E-state index in [9.17, 15) is 0 Å². The minimum Gasteiger partial charge on any atom is -0.456 e. The molecule has 0 aliphatic heterocycles. The Labute approximate surface area is 90.5 Å². The molecular weight excluding hydrogens is 208 g/mol. The highest BCUT2D eigenvalue weighted by Crippen LogP contribution is 2.19. The summed E-state index contributed by atoms with van der Waals surface area (Å²) in [5.74, 6) is 0. The molecule has 0 saturated heterocycles. The molecule has 0 saturated carbocycles. The molecule has 0 heterocycles. The van der Waals surface area contributed by atoms with Crippen molar-refractivity contribution in [2.75, 3.05) is 6.54 Å². The quantitative estimate of drug-likeness (QED) is 0.688. The highest BCUT2D eigenvalue weighted by atomic mass is 28.4. The van der Waals surface area contributed by atoms with Crippen molar-refractivity contribution < 1.29 is 4.12 Å². The lowest BCUT2D eigenvalue weighted by Crippen LogP contribution is -2.46. The van der Waals surface area contributed by atoms with Gasteiger partial charge < -0.3 is 15.6 Å². The third-order valence-corrected chi connectivity index (χ3v) is 8.04. The van der Waals surface area contributed by atoms with Crippen LogP contribution in [0.4, 0.5) is 0 Å². The second kappa shape index (κ2) is 5.41. The van der Waals surface area contributed by atoms with Crippen molar-refractivity contribution in [2.24, 2.45) is 11.5 Å². The summed E-state index contributed by atoms with van der Waals surface area (Å²) in [5, 5.41) is 0. The van der Waals surface area contributed by atoms with Gasteiger partial charge in [0.2, 0.25) is 0 Å². The first-order valence-corrected chi connectivity index (χ1v) is 11.8. The van der Waals surface area contributed by atoms with E-state index in [2.05, 4.69) is 32.7 Å². The first kappa shape index (κ1) is 14.3. The van der Waals surface area contributed by atoms with Gasteiger partial charge in [0, 0.05) is 6.04 Å². The summed E-state index contributed by atoms with van der Waals surface area (Å²) in [5.41, 5.74) is 11.5. The molecule has 86 valence electrons. The van der Waals surface area contributed by atoms with Crippen LogP contribution in [0.15, 0.2) is 0 Å². The first-order valence-electron chi connectivity index (χ1n) is 5.32. The second-order valence-corrected chi connectivity index (χ2v) is 14.5. The zero-order chi connectivity index (χ0) is 11.4. The second-order valence-electron chi connectivity index (χ2n) is 5.52. The van der Waals surface area contributed by atoms with Crippen LogP contribution in [-0.4, -0.2) is 29.2 Å². The zero-order valence-corrected chi connectivity index (χ0v) is 12.3. The topological polar surface area (TPSA) is 61.3 Å². The summed E-state index contributed by atoms with van der Waals surface area (Å²) in [6.07, 6.45) is 0.908. The average Bonchev–Trinajstić information content (AvgIpc) is 1.78. The van der Waals surface area contributed by atoms with E-state index in [1.165, 1.54) is 0 Å². The number of hydrogen-bond acceptors (Lipinski definition) is 3. The summed E-state index contributed by atoms with van der Waals surface area (Å²) in [6.45, 7) is 11.9. The van der Waals surface area contributed by atoms with Gasteiger partial charge in [-0.3, -0.25) is 0 Å². The van der Waals surface area contributed by atoms with Crippen LogP contribution in [0.3, 0.4) is 0 Å². The largest absolute Gasteiger partial charge is 0.456 e. The number of hydrogen-bond donors (Lipinski definition) is 2. The molecule has 0 bridgehead atoms. The molecule has 0 spiro atoms. The van der Waals surface area contributed by atoms with Crippen LogP contribution in [0.25, 0.3) is 0 Å². The number of rotatable bonds is 6. The van der Waals surface area contributed by atoms with Crippen LogP contribution in [0.5, 0.6) is 0 Å². The lowest BCUT2D eigenvalue weighted by atomic mass is 10.2. The third-order valence-electron chi connectivity index (χ3n) is 1.87. The highest BCUT2D eigenvalue weighted by Gasteiger charge is 2.30. The Balaban J connectivity index is 4.06. The van der Waals surface area contributed by atoms with Gasteiger partial charge >= 0.3 is 0 Å². The first-order chi connectivity index (χ1) is 6.16. The van der Waals surface area contributed by atoms with Crippen LogP contribution in [0.2, 0.25) is 38.8 Å². The molecular formula is C9H26N2OSi2. The molecule has 0 fully saturated rings. The Morgan fingerprint density at radius 3 is 2.00 bits per heavy atom. The molecule has 0 aromatic rings. The molecule has 5 heteroatoms. The van der Waals surface area contributed by atoms with Gasteiger partial charge in [-0.1, -0.05) is 0 Å². The van der Waals surface area contributed by atoms with Crippen LogP contribution in [-0.2, 0) is 4.12 Å². The van der Waals surface area contributed by atoms with Crippen LogP contribution < -0.4 is 11.5 Å². The summed E-state index contributed by atoms with van der Waals surface area (Å²) in [6, 6.07) is 1.24.